The molecule has 1 rings (SSSR count). The summed E-state index contributed by atoms with van der Waals surface area (Å²) >= 11 is 2.30. The highest BCUT2D eigenvalue weighted by atomic mass is 127. The van der Waals surface area contributed by atoms with Crippen LogP contribution in [0.25, 0.3) is 0 Å². The number of rotatable bonds is 4. The molecular formula is C10H15IN2O. The molecule has 0 unspecified atom stereocenters. The van der Waals surface area contributed by atoms with Gasteiger partial charge in [0.05, 0.1) is 7.11 Å². The summed E-state index contributed by atoms with van der Waals surface area (Å²) in [6.07, 6.45) is 1.76. The van der Waals surface area contributed by atoms with Gasteiger partial charge in [0.25, 0.3) is 0 Å². The zero-order valence-electron chi connectivity index (χ0n) is 8.67. The molecule has 0 aliphatic carbocycles. The summed E-state index contributed by atoms with van der Waals surface area (Å²) in [5.41, 5.74) is 1.13. The van der Waals surface area contributed by atoms with Crippen molar-refractivity contribution in [1.29, 1.82) is 0 Å². The predicted molar refractivity (Wildman–Crippen MR) is 65.5 cm³/mol. The summed E-state index contributed by atoms with van der Waals surface area (Å²) in [4.78, 5) is 4.17. The molecule has 1 aromatic rings. The first-order chi connectivity index (χ1) is 6.65. The number of hydrogen-bond donors (Lipinski definition) is 1. The predicted octanol–water partition coefficient (Wildman–Crippen LogP) is 2.19. The van der Waals surface area contributed by atoms with Gasteiger partial charge in [0.15, 0.2) is 0 Å². The number of methoxy groups -OCH3 is 1. The van der Waals surface area contributed by atoms with Crippen LogP contribution in [0.2, 0.25) is 0 Å². The summed E-state index contributed by atoms with van der Waals surface area (Å²) < 4.78 is 6.39. The fourth-order valence-corrected chi connectivity index (χ4v) is 1.68. The Kier molecular flexibility index (Phi) is 4.60. The maximum atomic E-state index is 5.20. The van der Waals surface area contributed by atoms with E-state index in [1.807, 2.05) is 6.07 Å². The lowest BCUT2D eigenvalue weighted by atomic mass is 10.2. The van der Waals surface area contributed by atoms with Gasteiger partial charge in [-0.15, -0.1) is 0 Å². The topological polar surface area (TPSA) is 34.1 Å². The van der Waals surface area contributed by atoms with Gasteiger partial charge >= 0.3 is 0 Å². The average Bonchev–Trinajstić information content (AvgIpc) is 2.15. The van der Waals surface area contributed by atoms with E-state index in [2.05, 4.69) is 46.7 Å². The van der Waals surface area contributed by atoms with Crippen LogP contribution in [0.15, 0.2) is 12.3 Å². The molecule has 1 aromatic heterocycles. The molecule has 0 saturated heterocycles. The first-order valence-corrected chi connectivity index (χ1v) is 5.63. The Labute approximate surface area is 98.4 Å². The second kappa shape index (κ2) is 5.50. The Morgan fingerprint density at radius 1 is 1.57 bits per heavy atom. The zero-order chi connectivity index (χ0) is 10.6. The molecule has 0 aromatic carbocycles. The van der Waals surface area contributed by atoms with Gasteiger partial charge < -0.3 is 10.1 Å². The summed E-state index contributed by atoms with van der Waals surface area (Å²) in [6, 6.07) is 2.45. The van der Waals surface area contributed by atoms with Crippen LogP contribution in [-0.2, 0) is 6.54 Å². The smallest absolute Gasteiger partial charge is 0.218 e. The third-order valence-corrected chi connectivity index (χ3v) is 2.85. The summed E-state index contributed by atoms with van der Waals surface area (Å²) in [5, 5.41) is 3.35. The molecule has 14 heavy (non-hydrogen) atoms. The molecule has 0 spiro atoms. The normalized spacial score (nSPS) is 10.6. The van der Waals surface area contributed by atoms with Gasteiger partial charge in [0.1, 0.15) is 0 Å². The average molecular weight is 306 g/mol. The SMILES string of the molecule is COc1nccc(I)c1CNC(C)C. The number of nitrogens with zero attached hydrogens (tertiary/aromatic N) is 1. The summed E-state index contributed by atoms with van der Waals surface area (Å²) in [5.74, 6) is 0.713. The van der Waals surface area contributed by atoms with Gasteiger partial charge in [-0.05, 0) is 28.7 Å². The van der Waals surface area contributed by atoms with Gasteiger partial charge in [-0.25, -0.2) is 4.98 Å². The summed E-state index contributed by atoms with van der Waals surface area (Å²) in [7, 11) is 1.65. The van der Waals surface area contributed by atoms with Crippen LogP contribution < -0.4 is 10.1 Å². The fraction of sp³-hybridized carbons (Fsp3) is 0.500. The van der Waals surface area contributed by atoms with Crippen molar-refractivity contribution in [3.63, 3.8) is 0 Å². The number of ether oxygens (including phenoxy) is 1. The number of halogens is 1. The lowest BCUT2D eigenvalue weighted by Gasteiger charge is -2.12. The molecule has 0 bridgehead atoms. The van der Waals surface area contributed by atoms with Gasteiger partial charge in [-0.2, -0.15) is 0 Å². The standard InChI is InChI=1S/C10H15IN2O/c1-7(2)13-6-8-9(11)4-5-12-10(8)14-3/h4-5,7,13H,6H2,1-3H3. The van der Waals surface area contributed by atoms with E-state index >= 15 is 0 Å². The van der Waals surface area contributed by atoms with Crippen molar-refractivity contribution < 1.29 is 4.74 Å². The Morgan fingerprint density at radius 3 is 2.86 bits per heavy atom. The van der Waals surface area contributed by atoms with E-state index in [4.69, 9.17) is 4.74 Å². The van der Waals surface area contributed by atoms with Crippen LogP contribution in [0.3, 0.4) is 0 Å². The van der Waals surface area contributed by atoms with Crippen LogP contribution >= 0.6 is 22.6 Å². The van der Waals surface area contributed by atoms with E-state index in [1.54, 1.807) is 13.3 Å². The van der Waals surface area contributed by atoms with E-state index in [9.17, 15) is 0 Å². The van der Waals surface area contributed by atoms with Gasteiger partial charge in [-0.3, -0.25) is 0 Å². The number of nitrogens with one attached hydrogen (secondary N) is 1. The third kappa shape index (κ3) is 3.09. The van der Waals surface area contributed by atoms with Crippen LogP contribution in [0.4, 0.5) is 0 Å². The third-order valence-electron chi connectivity index (χ3n) is 1.84. The molecule has 4 heteroatoms. The van der Waals surface area contributed by atoms with Gasteiger partial charge in [-0.1, -0.05) is 13.8 Å². The highest BCUT2D eigenvalue weighted by molar-refractivity contribution is 14.1. The molecular weight excluding hydrogens is 291 g/mol. The van der Waals surface area contributed by atoms with Crippen LogP contribution in [-0.4, -0.2) is 18.1 Å². The quantitative estimate of drug-likeness (QED) is 0.866. The lowest BCUT2D eigenvalue weighted by Crippen LogP contribution is -2.22. The maximum absolute atomic E-state index is 5.20. The molecule has 0 aliphatic heterocycles. The van der Waals surface area contributed by atoms with E-state index in [0.717, 1.165) is 12.1 Å². The minimum Gasteiger partial charge on any atom is -0.481 e. The monoisotopic (exact) mass is 306 g/mol. The number of hydrogen-bond acceptors (Lipinski definition) is 3. The summed E-state index contributed by atoms with van der Waals surface area (Å²) in [6.45, 7) is 5.04. The maximum Gasteiger partial charge on any atom is 0.218 e. The minimum absolute atomic E-state index is 0.468. The molecule has 1 heterocycles. The molecule has 0 saturated carbocycles. The van der Waals surface area contributed by atoms with Crippen molar-refractivity contribution in [1.82, 2.24) is 10.3 Å². The van der Waals surface area contributed by atoms with Crippen molar-refractivity contribution in [2.45, 2.75) is 26.4 Å². The van der Waals surface area contributed by atoms with Gasteiger partial charge in [0.2, 0.25) is 5.88 Å². The molecule has 0 radical (unpaired) electrons. The number of pyridine rings is 1. The number of aromatic nitrogens is 1. The Morgan fingerprint density at radius 2 is 2.29 bits per heavy atom. The van der Waals surface area contributed by atoms with Crippen LogP contribution in [0.1, 0.15) is 19.4 Å². The van der Waals surface area contributed by atoms with E-state index in [0.29, 0.717) is 11.9 Å². The van der Waals surface area contributed by atoms with Crippen molar-refractivity contribution in [3.8, 4) is 5.88 Å². The van der Waals surface area contributed by atoms with Crippen molar-refractivity contribution in [2.75, 3.05) is 7.11 Å². The molecule has 0 fully saturated rings. The van der Waals surface area contributed by atoms with Crippen molar-refractivity contribution >= 4 is 22.6 Å². The molecule has 0 aliphatic rings. The van der Waals surface area contributed by atoms with Crippen molar-refractivity contribution in [3.05, 3.63) is 21.4 Å². The molecule has 3 nitrogen and oxygen atoms in total. The molecule has 0 amide bonds. The Balaban J connectivity index is 2.82. The Bertz CT molecular complexity index is 302. The minimum atomic E-state index is 0.468. The van der Waals surface area contributed by atoms with Crippen molar-refractivity contribution in [2.24, 2.45) is 0 Å². The van der Waals surface area contributed by atoms with Crippen LogP contribution in [0, 0.1) is 3.57 Å². The second-order valence-corrected chi connectivity index (χ2v) is 4.48. The second-order valence-electron chi connectivity index (χ2n) is 3.32. The highest BCUT2D eigenvalue weighted by Gasteiger charge is 2.08. The first kappa shape index (κ1) is 11.7. The fourth-order valence-electron chi connectivity index (χ4n) is 1.09. The van der Waals surface area contributed by atoms with Crippen LogP contribution in [0.5, 0.6) is 5.88 Å². The zero-order valence-corrected chi connectivity index (χ0v) is 10.8. The molecule has 78 valence electrons. The van der Waals surface area contributed by atoms with E-state index in [-0.39, 0.29) is 0 Å². The van der Waals surface area contributed by atoms with E-state index < -0.39 is 0 Å². The lowest BCUT2D eigenvalue weighted by molar-refractivity contribution is 0.389. The first-order valence-electron chi connectivity index (χ1n) is 4.56. The Hall–Kier alpha value is -0.360. The van der Waals surface area contributed by atoms with E-state index in [1.165, 1.54) is 3.57 Å². The molecule has 0 atom stereocenters. The highest BCUT2D eigenvalue weighted by Crippen LogP contribution is 2.20. The van der Waals surface area contributed by atoms with Gasteiger partial charge in [0, 0.05) is 27.9 Å². The largest absolute Gasteiger partial charge is 0.481 e. The molecule has 1 N–H and O–H groups in total.